The third-order valence-electron chi connectivity index (χ3n) is 3.51. The Balaban J connectivity index is 2.47. The van der Waals surface area contributed by atoms with Gasteiger partial charge in [-0.25, -0.2) is 0 Å². The van der Waals surface area contributed by atoms with Gasteiger partial charge in [-0.1, -0.05) is 12.1 Å². The summed E-state index contributed by atoms with van der Waals surface area (Å²) in [6.07, 6.45) is 1.20. The molecule has 2 rings (SSSR count). The number of amides is 2. The summed E-state index contributed by atoms with van der Waals surface area (Å²) >= 11 is 0. The number of aromatic hydroxyl groups is 1. The monoisotopic (exact) mass is 289 g/mol. The molecule has 110 valence electrons. The highest BCUT2D eigenvalue weighted by Gasteiger charge is 2.40. The van der Waals surface area contributed by atoms with Crippen molar-refractivity contribution in [3.05, 3.63) is 41.5 Å². The Morgan fingerprint density at radius 3 is 2.19 bits per heavy atom. The molecule has 0 aromatic heterocycles. The van der Waals surface area contributed by atoms with Crippen molar-refractivity contribution in [3.8, 4) is 5.75 Å². The van der Waals surface area contributed by atoms with Crippen LogP contribution in [0.3, 0.4) is 0 Å². The average molecular weight is 289 g/mol. The number of phenols is 1. The van der Waals surface area contributed by atoms with Gasteiger partial charge in [0.05, 0.1) is 12.0 Å². The van der Waals surface area contributed by atoms with Crippen LogP contribution in [0.1, 0.15) is 25.5 Å². The molecular formula is C15H15NO5. The second-order valence-corrected chi connectivity index (χ2v) is 5.00. The van der Waals surface area contributed by atoms with E-state index in [1.165, 1.54) is 44.2 Å². The predicted molar refractivity (Wildman–Crippen MR) is 73.3 cm³/mol. The van der Waals surface area contributed by atoms with Crippen LogP contribution in [0.5, 0.6) is 5.75 Å². The van der Waals surface area contributed by atoms with E-state index >= 15 is 0 Å². The van der Waals surface area contributed by atoms with Crippen LogP contribution in [0.4, 0.5) is 0 Å². The fourth-order valence-corrected chi connectivity index (χ4v) is 2.34. The molecule has 0 fully saturated rings. The smallest absolute Gasteiger partial charge is 0.308 e. The molecule has 21 heavy (non-hydrogen) atoms. The van der Waals surface area contributed by atoms with Crippen molar-refractivity contribution >= 4 is 17.8 Å². The zero-order chi connectivity index (χ0) is 15.7. The lowest BCUT2D eigenvalue weighted by molar-refractivity contribution is -0.148. The zero-order valence-electron chi connectivity index (χ0n) is 11.6. The van der Waals surface area contributed by atoms with Crippen LogP contribution in [0.2, 0.25) is 0 Å². The quantitative estimate of drug-likeness (QED) is 0.818. The molecule has 1 aromatic rings. The zero-order valence-corrected chi connectivity index (χ0v) is 11.6. The van der Waals surface area contributed by atoms with E-state index in [9.17, 15) is 24.6 Å². The van der Waals surface area contributed by atoms with Gasteiger partial charge in [0.25, 0.3) is 11.8 Å². The Hall–Kier alpha value is -2.63. The molecule has 2 atom stereocenters. The minimum Gasteiger partial charge on any atom is -0.508 e. The van der Waals surface area contributed by atoms with Crippen LogP contribution in [0, 0.1) is 5.92 Å². The van der Waals surface area contributed by atoms with Crippen molar-refractivity contribution in [1.82, 2.24) is 4.90 Å². The van der Waals surface area contributed by atoms with Gasteiger partial charge >= 0.3 is 5.97 Å². The molecule has 2 N–H and O–H groups in total. The van der Waals surface area contributed by atoms with Crippen molar-refractivity contribution < 1.29 is 24.6 Å². The summed E-state index contributed by atoms with van der Waals surface area (Å²) < 4.78 is 0. The number of hydrogen-bond acceptors (Lipinski definition) is 4. The van der Waals surface area contributed by atoms with E-state index in [0.29, 0.717) is 5.56 Å². The molecule has 2 amide bonds. The minimum atomic E-state index is -1.11. The number of benzene rings is 1. The number of carbonyl (C=O) groups is 3. The molecule has 1 aliphatic rings. The van der Waals surface area contributed by atoms with Gasteiger partial charge < -0.3 is 10.2 Å². The number of carboxylic acid groups (broad SMARTS) is 1. The van der Waals surface area contributed by atoms with Crippen LogP contribution in [0.25, 0.3) is 0 Å². The number of carboxylic acids is 1. The molecule has 6 nitrogen and oxygen atoms in total. The molecule has 1 aromatic carbocycles. The molecule has 6 heteroatoms. The van der Waals surface area contributed by atoms with E-state index in [0.717, 1.165) is 4.90 Å². The molecule has 0 bridgehead atoms. The van der Waals surface area contributed by atoms with Crippen molar-refractivity contribution in [2.45, 2.75) is 19.9 Å². The first kappa shape index (κ1) is 14.8. The highest BCUT2D eigenvalue weighted by atomic mass is 16.4. The van der Waals surface area contributed by atoms with Gasteiger partial charge in [-0.05, 0) is 31.5 Å². The van der Waals surface area contributed by atoms with E-state index in [4.69, 9.17) is 0 Å². The van der Waals surface area contributed by atoms with Crippen molar-refractivity contribution in [1.29, 1.82) is 0 Å². The maximum absolute atomic E-state index is 12.1. The van der Waals surface area contributed by atoms with Gasteiger partial charge in [-0.3, -0.25) is 19.3 Å². The lowest BCUT2D eigenvalue weighted by atomic mass is 9.93. The molecule has 1 heterocycles. The van der Waals surface area contributed by atoms with E-state index < -0.39 is 29.7 Å². The van der Waals surface area contributed by atoms with Gasteiger partial charge in [-0.2, -0.15) is 0 Å². The van der Waals surface area contributed by atoms with Gasteiger partial charge in [0.2, 0.25) is 0 Å². The molecule has 2 unspecified atom stereocenters. The summed E-state index contributed by atoms with van der Waals surface area (Å²) in [7, 11) is 0. The van der Waals surface area contributed by atoms with Crippen LogP contribution in [-0.4, -0.2) is 32.9 Å². The fourth-order valence-electron chi connectivity index (χ4n) is 2.34. The normalized spacial score (nSPS) is 17.6. The van der Waals surface area contributed by atoms with Gasteiger partial charge in [0.1, 0.15) is 5.75 Å². The van der Waals surface area contributed by atoms with Crippen LogP contribution in [0.15, 0.2) is 35.9 Å². The van der Waals surface area contributed by atoms with E-state index in [-0.39, 0.29) is 11.3 Å². The first-order chi connectivity index (χ1) is 9.82. The van der Waals surface area contributed by atoms with E-state index in [1.54, 1.807) is 0 Å². The molecule has 0 radical (unpaired) electrons. The molecule has 0 saturated heterocycles. The fraction of sp³-hybridized carbons (Fsp3) is 0.267. The average Bonchev–Trinajstić information content (AvgIpc) is 2.67. The highest BCUT2D eigenvalue weighted by molar-refractivity contribution is 6.16. The number of nitrogens with zero attached hydrogens (tertiary/aromatic N) is 1. The van der Waals surface area contributed by atoms with E-state index in [1.807, 2.05) is 0 Å². The van der Waals surface area contributed by atoms with Gasteiger partial charge in [0.15, 0.2) is 0 Å². The van der Waals surface area contributed by atoms with E-state index in [2.05, 4.69) is 0 Å². The Kier molecular flexibility index (Phi) is 3.80. The Labute approximate surface area is 121 Å². The summed E-state index contributed by atoms with van der Waals surface area (Å²) in [5.74, 6) is -3.08. The van der Waals surface area contributed by atoms with Gasteiger partial charge in [0, 0.05) is 11.6 Å². The lowest BCUT2D eigenvalue weighted by Crippen LogP contribution is -2.40. The number of rotatable bonds is 4. The number of imide groups is 1. The van der Waals surface area contributed by atoms with Crippen LogP contribution in [-0.2, 0) is 14.4 Å². The maximum Gasteiger partial charge on any atom is 0.308 e. The van der Waals surface area contributed by atoms with Crippen molar-refractivity contribution in [3.63, 3.8) is 0 Å². The molecule has 0 saturated carbocycles. The first-order valence-electron chi connectivity index (χ1n) is 6.40. The molecule has 1 aliphatic heterocycles. The first-order valence-corrected chi connectivity index (χ1v) is 6.40. The largest absolute Gasteiger partial charge is 0.508 e. The summed E-state index contributed by atoms with van der Waals surface area (Å²) in [5, 5.41) is 18.6. The Morgan fingerprint density at radius 2 is 1.76 bits per heavy atom. The SMILES string of the molecule is CC1=CC(=O)N(C(c2ccc(O)cc2)C(C)C(=O)O)C1=O. The molecular weight excluding hydrogens is 274 g/mol. The summed E-state index contributed by atoms with van der Waals surface area (Å²) in [4.78, 5) is 36.4. The maximum atomic E-state index is 12.1. The number of aliphatic carboxylic acids is 1. The topological polar surface area (TPSA) is 94.9 Å². The number of hydrogen-bond donors (Lipinski definition) is 2. The predicted octanol–water partition coefficient (Wildman–Crippen LogP) is 1.47. The summed E-state index contributed by atoms with van der Waals surface area (Å²) in [6, 6.07) is 4.88. The Morgan fingerprint density at radius 1 is 1.19 bits per heavy atom. The summed E-state index contributed by atoms with van der Waals surface area (Å²) in [5.41, 5.74) is 0.758. The number of carbonyl (C=O) groups excluding carboxylic acids is 2. The van der Waals surface area contributed by atoms with Gasteiger partial charge in [-0.15, -0.1) is 0 Å². The van der Waals surface area contributed by atoms with Crippen molar-refractivity contribution in [2.75, 3.05) is 0 Å². The second kappa shape index (κ2) is 5.40. The molecule has 0 spiro atoms. The lowest BCUT2D eigenvalue weighted by Gasteiger charge is -2.30. The van der Waals surface area contributed by atoms with Crippen LogP contribution >= 0.6 is 0 Å². The summed E-state index contributed by atoms with van der Waals surface area (Å²) in [6.45, 7) is 2.95. The third-order valence-corrected chi connectivity index (χ3v) is 3.51. The van der Waals surface area contributed by atoms with Crippen LogP contribution < -0.4 is 0 Å². The number of phenolic OH excluding ortho intramolecular Hbond substituents is 1. The standard InChI is InChI=1S/C15H15NO5/c1-8-7-12(18)16(14(8)19)13(9(2)15(20)21)10-3-5-11(17)6-4-10/h3-7,9,13,17H,1-2H3,(H,20,21). The molecule has 0 aliphatic carbocycles. The second-order valence-electron chi connectivity index (χ2n) is 5.00. The highest BCUT2D eigenvalue weighted by Crippen LogP contribution is 2.33. The Bertz CT molecular complexity index is 632. The van der Waals surface area contributed by atoms with Crippen molar-refractivity contribution in [2.24, 2.45) is 5.92 Å². The minimum absolute atomic E-state index is 0.0221. The third kappa shape index (κ3) is 2.65.